The van der Waals surface area contributed by atoms with Gasteiger partial charge < -0.3 is 0 Å². The van der Waals surface area contributed by atoms with Crippen LogP contribution in [-0.4, -0.2) is 9.73 Å². The fourth-order valence-corrected chi connectivity index (χ4v) is 3.99. The van der Waals surface area contributed by atoms with Crippen LogP contribution in [-0.2, 0) is 0 Å². The molecule has 0 unspecified atom stereocenters. The van der Waals surface area contributed by atoms with E-state index in [1.165, 1.54) is 14.6 Å². The lowest BCUT2D eigenvalue weighted by Gasteiger charge is -2.14. The van der Waals surface area contributed by atoms with Crippen LogP contribution < -0.4 is 0 Å². The Morgan fingerprint density at radius 3 is 2.60 bits per heavy atom. The number of nitrogens with zero attached hydrogens (tertiary/aromatic N) is 1. The zero-order valence-corrected chi connectivity index (χ0v) is 11.1. The second-order valence-corrected chi connectivity index (χ2v) is 7.72. The Morgan fingerprint density at radius 1 is 1.27 bits per heavy atom. The summed E-state index contributed by atoms with van der Waals surface area (Å²) in [7, 11) is 0. The van der Waals surface area contributed by atoms with Gasteiger partial charge in [-0.15, -0.1) is 11.3 Å². The van der Waals surface area contributed by atoms with Crippen LogP contribution in [0.15, 0.2) is 22.5 Å². The quantitative estimate of drug-likeness (QED) is 0.677. The van der Waals surface area contributed by atoms with Gasteiger partial charge in [0.05, 0.1) is 10.2 Å². The lowest BCUT2D eigenvalue weighted by Crippen LogP contribution is -2.06. The Hall–Kier alpha value is -0.540. The molecule has 1 nitrogen and oxygen atoms in total. The molecule has 0 radical (unpaired) electrons. The van der Waals surface area contributed by atoms with Gasteiger partial charge in [0.1, 0.15) is 0 Å². The molecule has 1 heterocycles. The minimum Gasteiger partial charge on any atom is -0.229 e. The van der Waals surface area contributed by atoms with Crippen LogP contribution in [0.1, 0.15) is 26.3 Å². The first-order valence-corrected chi connectivity index (χ1v) is 6.64. The Bertz CT molecular complexity index is 480. The topological polar surface area (TPSA) is 12.9 Å². The minimum absolute atomic E-state index is 0.238. The fraction of sp³-hybridized carbons (Fsp3) is 0.417. The number of thiazole rings is 1. The van der Waals surface area contributed by atoms with Crippen LogP contribution in [0.3, 0.4) is 0 Å². The zero-order valence-electron chi connectivity index (χ0n) is 9.50. The number of aromatic nitrogens is 1. The summed E-state index contributed by atoms with van der Waals surface area (Å²) < 4.78 is 2.70. The van der Waals surface area contributed by atoms with Crippen LogP contribution in [0.4, 0.5) is 0 Å². The van der Waals surface area contributed by atoms with E-state index in [1.54, 1.807) is 11.3 Å². The molecule has 0 aliphatic heterocycles. The van der Waals surface area contributed by atoms with Crippen molar-refractivity contribution in [3.63, 3.8) is 0 Å². The van der Waals surface area contributed by atoms with E-state index >= 15 is 0 Å². The third-order valence-corrected chi connectivity index (χ3v) is 4.19. The third-order valence-electron chi connectivity index (χ3n) is 1.99. The van der Waals surface area contributed by atoms with E-state index in [0.717, 1.165) is 5.52 Å². The van der Waals surface area contributed by atoms with E-state index in [-0.39, 0.29) is 4.75 Å². The standard InChI is InChI=1S/C12H15NS2/c1-8-6-5-7-9-10(8)13-11(14-9)15-12(2,3)4/h5-7H,1-4H3. The van der Waals surface area contributed by atoms with Crippen molar-refractivity contribution in [3.05, 3.63) is 23.8 Å². The molecule has 0 aliphatic carbocycles. The highest BCUT2D eigenvalue weighted by molar-refractivity contribution is 8.02. The predicted octanol–water partition coefficient (Wildman–Crippen LogP) is 4.50. The number of rotatable bonds is 1. The molecule has 15 heavy (non-hydrogen) atoms. The SMILES string of the molecule is Cc1cccc2sc(SC(C)(C)C)nc12. The molecule has 3 heteroatoms. The van der Waals surface area contributed by atoms with E-state index in [1.807, 2.05) is 11.8 Å². The average Bonchev–Trinajstić information content (AvgIpc) is 2.45. The van der Waals surface area contributed by atoms with Gasteiger partial charge in [-0.1, -0.05) is 44.7 Å². The van der Waals surface area contributed by atoms with Gasteiger partial charge in [0.15, 0.2) is 4.34 Å². The van der Waals surface area contributed by atoms with Crippen LogP contribution in [0.5, 0.6) is 0 Å². The highest BCUT2D eigenvalue weighted by Crippen LogP contribution is 2.37. The molecule has 0 aliphatic rings. The lowest BCUT2D eigenvalue weighted by molar-refractivity contribution is 0.802. The Labute approximate surface area is 98.9 Å². The van der Waals surface area contributed by atoms with Gasteiger partial charge in [-0.25, -0.2) is 4.98 Å². The average molecular weight is 237 g/mol. The maximum atomic E-state index is 4.68. The molecule has 0 atom stereocenters. The maximum absolute atomic E-state index is 4.68. The number of hydrogen-bond acceptors (Lipinski definition) is 3. The summed E-state index contributed by atoms with van der Waals surface area (Å²) in [6.07, 6.45) is 0. The van der Waals surface area contributed by atoms with E-state index < -0.39 is 0 Å². The van der Waals surface area contributed by atoms with E-state index in [2.05, 4.69) is 50.9 Å². The first-order valence-electron chi connectivity index (χ1n) is 5.01. The van der Waals surface area contributed by atoms with Gasteiger partial charge in [0, 0.05) is 4.75 Å². The van der Waals surface area contributed by atoms with Crippen LogP contribution in [0.2, 0.25) is 0 Å². The highest BCUT2D eigenvalue weighted by atomic mass is 32.2. The minimum atomic E-state index is 0.238. The molecule has 0 fully saturated rings. The van der Waals surface area contributed by atoms with E-state index in [4.69, 9.17) is 0 Å². The van der Waals surface area contributed by atoms with Crippen LogP contribution in [0, 0.1) is 6.92 Å². The normalized spacial score (nSPS) is 12.3. The number of fused-ring (bicyclic) bond motifs is 1. The molecule has 2 rings (SSSR count). The number of thioether (sulfide) groups is 1. The Balaban J connectivity index is 2.44. The predicted molar refractivity (Wildman–Crippen MR) is 70.0 cm³/mol. The van der Waals surface area contributed by atoms with Crippen LogP contribution >= 0.6 is 23.1 Å². The molecule has 0 bridgehead atoms. The summed E-state index contributed by atoms with van der Waals surface area (Å²) in [6.45, 7) is 8.78. The maximum Gasteiger partial charge on any atom is 0.151 e. The van der Waals surface area contributed by atoms with E-state index in [9.17, 15) is 0 Å². The van der Waals surface area contributed by atoms with Gasteiger partial charge in [0.25, 0.3) is 0 Å². The second-order valence-electron chi connectivity index (χ2n) is 4.62. The summed E-state index contributed by atoms with van der Waals surface area (Å²) >= 11 is 3.63. The monoisotopic (exact) mass is 237 g/mol. The molecule has 2 aromatic rings. The third kappa shape index (κ3) is 2.52. The summed E-state index contributed by atoms with van der Waals surface area (Å²) in [5, 5.41) is 0. The van der Waals surface area contributed by atoms with Gasteiger partial charge in [-0.05, 0) is 18.6 Å². The second kappa shape index (κ2) is 3.80. The highest BCUT2D eigenvalue weighted by Gasteiger charge is 2.15. The molecular formula is C12H15NS2. The number of benzene rings is 1. The zero-order chi connectivity index (χ0) is 11.1. The largest absolute Gasteiger partial charge is 0.229 e. The summed E-state index contributed by atoms with van der Waals surface area (Å²) in [5.41, 5.74) is 2.43. The van der Waals surface area contributed by atoms with E-state index in [0.29, 0.717) is 0 Å². The van der Waals surface area contributed by atoms with Crippen molar-refractivity contribution >= 4 is 33.3 Å². The van der Waals surface area contributed by atoms with Crippen molar-refractivity contribution < 1.29 is 0 Å². The van der Waals surface area contributed by atoms with Crippen molar-refractivity contribution in [2.45, 2.75) is 36.8 Å². The van der Waals surface area contributed by atoms with Crippen molar-refractivity contribution in [3.8, 4) is 0 Å². The first-order chi connectivity index (χ1) is 6.96. The Morgan fingerprint density at radius 2 is 2.00 bits per heavy atom. The Kier molecular flexibility index (Phi) is 2.77. The van der Waals surface area contributed by atoms with Crippen molar-refractivity contribution in [2.75, 3.05) is 0 Å². The summed E-state index contributed by atoms with van der Waals surface area (Å²) in [4.78, 5) is 4.68. The number of aryl methyl sites for hydroxylation is 1. The van der Waals surface area contributed by atoms with Crippen LogP contribution in [0.25, 0.3) is 10.2 Å². The molecule has 1 aromatic heterocycles. The molecule has 0 saturated heterocycles. The molecule has 0 N–H and O–H groups in total. The summed E-state index contributed by atoms with van der Waals surface area (Å²) in [6, 6.07) is 6.36. The molecular weight excluding hydrogens is 222 g/mol. The van der Waals surface area contributed by atoms with Gasteiger partial charge in [-0.2, -0.15) is 0 Å². The van der Waals surface area contributed by atoms with Gasteiger partial charge >= 0.3 is 0 Å². The molecule has 0 spiro atoms. The molecule has 0 saturated carbocycles. The first kappa shape index (κ1) is 11.0. The molecule has 1 aromatic carbocycles. The lowest BCUT2D eigenvalue weighted by atomic mass is 10.2. The summed E-state index contributed by atoms with van der Waals surface area (Å²) in [5.74, 6) is 0. The van der Waals surface area contributed by atoms with Gasteiger partial charge in [-0.3, -0.25) is 0 Å². The van der Waals surface area contributed by atoms with Crippen molar-refractivity contribution in [2.24, 2.45) is 0 Å². The van der Waals surface area contributed by atoms with Gasteiger partial charge in [0.2, 0.25) is 0 Å². The van der Waals surface area contributed by atoms with Crippen molar-refractivity contribution in [1.82, 2.24) is 4.98 Å². The number of hydrogen-bond donors (Lipinski definition) is 0. The van der Waals surface area contributed by atoms with Crippen molar-refractivity contribution in [1.29, 1.82) is 0 Å². The molecule has 80 valence electrons. The number of para-hydroxylation sites is 1. The fourth-order valence-electron chi connectivity index (χ4n) is 1.37. The molecule has 0 amide bonds. The smallest absolute Gasteiger partial charge is 0.151 e.